The molecule has 1 atom stereocenters. The molecule has 5 heteroatoms. The van der Waals surface area contributed by atoms with Crippen LogP contribution in [0.4, 0.5) is 0 Å². The molecular formula is C40H61N3O2+2. The fraction of sp³-hybridized carbons (Fsp3) is 0.500. The summed E-state index contributed by atoms with van der Waals surface area (Å²) in [6.07, 6.45) is 49.4. The number of likely N-dealkylation sites (tertiary alicyclic amines) is 1. The summed E-state index contributed by atoms with van der Waals surface area (Å²) in [5, 5.41) is 2.43. The molecule has 45 heavy (non-hydrogen) atoms. The number of carbonyl (C=O) groups is 1. The first-order chi connectivity index (χ1) is 22.2. The maximum atomic E-state index is 10.1. The number of benzene rings is 1. The van der Waals surface area contributed by atoms with Crippen LogP contribution in [0.5, 0.6) is 5.75 Å². The van der Waals surface area contributed by atoms with E-state index in [1.165, 1.54) is 102 Å². The summed E-state index contributed by atoms with van der Waals surface area (Å²) in [5.74, 6) is 1.69. The lowest BCUT2D eigenvalue weighted by Crippen LogP contribution is -2.81. The summed E-state index contributed by atoms with van der Waals surface area (Å²) in [4.78, 5) is 15.5. The number of aromatic nitrogens is 1. The van der Waals surface area contributed by atoms with Gasteiger partial charge < -0.3 is 15.0 Å². The van der Waals surface area contributed by atoms with E-state index in [-0.39, 0.29) is 0 Å². The van der Waals surface area contributed by atoms with Gasteiger partial charge in [0.1, 0.15) is 5.75 Å². The number of pyridine rings is 1. The van der Waals surface area contributed by atoms with Gasteiger partial charge in [-0.25, -0.2) is 4.98 Å². The zero-order chi connectivity index (χ0) is 34.6. The zero-order valence-corrected chi connectivity index (χ0v) is 28.5. The number of quaternary nitrogens is 1. The monoisotopic (exact) mass is 615 g/mol. The van der Waals surface area contributed by atoms with Crippen LogP contribution in [0.3, 0.4) is 0 Å². The van der Waals surface area contributed by atoms with Gasteiger partial charge in [0, 0.05) is 50.4 Å². The second-order valence-electron chi connectivity index (χ2n) is 10.5. The van der Waals surface area contributed by atoms with Crippen LogP contribution in [0, 0.1) is 58.3 Å². The first kappa shape index (κ1) is 45.3. The molecular weight excluding hydrogens is 554 g/mol. The van der Waals surface area contributed by atoms with Gasteiger partial charge >= 0.3 is 0 Å². The molecule has 3 heterocycles. The molecule has 0 spiro atoms. The Morgan fingerprint density at radius 2 is 1.33 bits per heavy atom. The van der Waals surface area contributed by atoms with Crippen molar-refractivity contribution < 1.29 is 19.8 Å². The Bertz CT molecular complexity index is 959. The lowest BCUT2D eigenvalue weighted by molar-refractivity contribution is -0.636. The smallest absolute Gasteiger partial charge is 0.209 e. The molecule has 2 saturated heterocycles. The van der Waals surface area contributed by atoms with Gasteiger partial charge in [0.2, 0.25) is 6.41 Å². The molecule has 1 aliphatic carbocycles. The quantitative estimate of drug-likeness (QED) is 0.310. The number of aryl methyl sites for hydroxylation is 2. The van der Waals surface area contributed by atoms with Crippen molar-refractivity contribution in [3.8, 4) is 57.1 Å². The number of hydrogen-bond donors (Lipinski definition) is 1. The van der Waals surface area contributed by atoms with E-state index in [0.717, 1.165) is 31.2 Å². The minimum atomic E-state index is 0.781. The zero-order valence-electron chi connectivity index (χ0n) is 28.5. The van der Waals surface area contributed by atoms with Crippen LogP contribution >= 0.6 is 0 Å². The van der Waals surface area contributed by atoms with E-state index in [1.54, 1.807) is 12.7 Å². The number of piperidine rings is 1. The summed E-state index contributed by atoms with van der Waals surface area (Å²) in [5.41, 5.74) is 4.32. The van der Waals surface area contributed by atoms with Gasteiger partial charge in [0.25, 0.3) is 0 Å². The molecule has 0 bridgehead atoms. The van der Waals surface area contributed by atoms with Gasteiger partial charge in [-0.3, -0.25) is 4.79 Å². The summed E-state index contributed by atoms with van der Waals surface area (Å²) < 4.78 is 4.91. The number of aromatic amines is 1. The number of amides is 1. The Hall–Kier alpha value is -4.16. The Kier molecular flexibility index (Phi) is 36.3. The fourth-order valence-corrected chi connectivity index (χ4v) is 5.19. The van der Waals surface area contributed by atoms with E-state index in [9.17, 15) is 4.79 Å². The average molecular weight is 616 g/mol. The molecule has 246 valence electrons. The van der Waals surface area contributed by atoms with Gasteiger partial charge in [-0.1, -0.05) is 63.6 Å². The van der Waals surface area contributed by atoms with Gasteiger partial charge in [-0.05, 0) is 43.9 Å². The van der Waals surface area contributed by atoms with Crippen LogP contribution < -0.4 is 15.0 Å². The van der Waals surface area contributed by atoms with E-state index in [4.69, 9.17) is 4.74 Å². The number of nitrogens with one attached hydrogen (secondary N) is 1. The highest BCUT2D eigenvalue weighted by atomic mass is 16.5. The van der Waals surface area contributed by atoms with Crippen LogP contribution in [0.1, 0.15) is 100 Å². The second kappa shape index (κ2) is 36.0. The maximum Gasteiger partial charge on any atom is 0.209 e. The van der Waals surface area contributed by atoms with E-state index in [1.807, 2.05) is 35.2 Å². The molecule has 0 unspecified atom stereocenters. The predicted octanol–water partition coefficient (Wildman–Crippen LogP) is 6.47. The standard InChI is InChI=1S/C13H20N2.C7H8O.C6H11NO.C6H12.4C2H2/c1-3-4-13-12(6-5-10(2)15-13)11-7-8-14-9-11;1-8-7-5-3-2-4-6-7;8-6-7-4-2-1-3-5-7;1-2-4-6-5-3-1;4*1-2/h5-6,11,14H,3-4,7-9H2,1-2H3;2-6H,1H3;6H,1-5H2;1-6H2;4*1-2H/p+2/t11-;;;;;;;/m0......./s1. The molecule has 1 saturated carbocycles. The van der Waals surface area contributed by atoms with Crippen molar-refractivity contribution in [1.29, 1.82) is 0 Å². The summed E-state index contributed by atoms with van der Waals surface area (Å²) in [7, 11) is 1.66. The highest BCUT2D eigenvalue weighted by Crippen LogP contribution is 2.22. The van der Waals surface area contributed by atoms with Crippen molar-refractivity contribution in [3.05, 3.63) is 59.4 Å². The Balaban J connectivity index is -0.000000509. The molecule has 3 fully saturated rings. The number of para-hydroxylation sites is 1. The lowest BCUT2D eigenvalue weighted by Gasteiger charge is -2.21. The Morgan fingerprint density at radius 3 is 1.71 bits per heavy atom. The van der Waals surface area contributed by atoms with Crippen molar-refractivity contribution in [1.82, 2.24) is 4.90 Å². The molecule has 3 N–H and O–H groups in total. The molecule has 1 aromatic carbocycles. The number of terminal acetylenes is 4. The molecule has 2 aliphatic heterocycles. The minimum absolute atomic E-state index is 0.781. The third kappa shape index (κ3) is 23.9. The number of carbonyl (C=O) groups excluding carboxylic acids is 1. The Morgan fingerprint density at radius 1 is 0.822 bits per heavy atom. The summed E-state index contributed by atoms with van der Waals surface area (Å²) >= 11 is 0. The fourth-order valence-electron chi connectivity index (χ4n) is 5.19. The number of methoxy groups -OCH3 is 1. The number of hydrogen-bond acceptors (Lipinski definition) is 2. The van der Waals surface area contributed by atoms with Crippen LogP contribution in [-0.2, 0) is 11.2 Å². The van der Waals surface area contributed by atoms with Gasteiger partial charge in [0.15, 0.2) is 11.4 Å². The summed E-state index contributed by atoms with van der Waals surface area (Å²) in [6, 6.07) is 14.2. The van der Waals surface area contributed by atoms with Crippen molar-refractivity contribution in [3.63, 3.8) is 0 Å². The molecule has 5 nitrogen and oxygen atoms in total. The van der Waals surface area contributed by atoms with Crippen LogP contribution in [0.15, 0.2) is 42.5 Å². The number of nitrogens with two attached hydrogens (primary N) is 1. The van der Waals surface area contributed by atoms with Gasteiger partial charge in [-0.15, -0.1) is 51.4 Å². The molecule has 5 rings (SSSR count). The third-order valence-electron chi connectivity index (χ3n) is 7.34. The number of ether oxygens (including phenoxy) is 1. The molecule has 0 radical (unpaired) electrons. The van der Waals surface area contributed by atoms with Gasteiger partial charge in [-0.2, -0.15) is 0 Å². The predicted molar refractivity (Wildman–Crippen MR) is 192 cm³/mol. The largest absolute Gasteiger partial charge is 0.497 e. The second-order valence-corrected chi connectivity index (χ2v) is 10.5. The average Bonchev–Trinajstić information content (AvgIpc) is 3.69. The van der Waals surface area contributed by atoms with E-state index in [2.05, 4.69) is 87.7 Å². The van der Waals surface area contributed by atoms with Crippen LogP contribution in [0.2, 0.25) is 0 Å². The third-order valence-corrected chi connectivity index (χ3v) is 7.34. The summed E-state index contributed by atoms with van der Waals surface area (Å²) in [6.45, 7) is 8.91. The molecule has 3 aliphatic rings. The van der Waals surface area contributed by atoms with Gasteiger partial charge in [0.05, 0.1) is 20.2 Å². The molecule has 2 aromatic rings. The maximum absolute atomic E-state index is 10.1. The Labute approximate surface area is 277 Å². The topological polar surface area (TPSA) is 60.3 Å². The van der Waals surface area contributed by atoms with Crippen molar-refractivity contribution in [2.45, 2.75) is 96.8 Å². The number of rotatable bonds is 5. The molecule has 1 amide bonds. The number of H-pyrrole nitrogens is 1. The van der Waals surface area contributed by atoms with Crippen LogP contribution in [0.25, 0.3) is 0 Å². The normalized spacial score (nSPS) is 15.5. The van der Waals surface area contributed by atoms with E-state index >= 15 is 0 Å². The van der Waals surface area contributed by atoms with Crippen molar-refractivity contribution in [2.24, 2.45) is 0 Å². The first-order valence-electron chi connectivity index (χ1n) is 16.1. The highest BCUT2D eigenvalue weighted by molar-refractivity contribution is 5.46. The minimum Gasteiger partial charge on any atom is -0.497 e. The number of nitrogens with zero attached hydrogens (tertiary/aromatic N) is 1. The van der Waals surface area contributed by atoms with Crippen molar-refractivity contribution in [2.75, 3.05) is 33.3 Å². The molecule has 1 aromatic heterocycles. The highest BCUT2D eigenvalue weighted by Gasteiger charge is 2.25. The van der Waals surface area contributed by atoms with E-state index < -0.39 is 0 Å². The van der Waals surface area contributed by atoms with Crippen LogP contribution in [-0.4, -0.2) is 44.6 Å². The first-order valence-corrected chi connectivity index (χ1v) is 16.1. The lowest BCUT2D eigenvalue weighted by atomic mass is 9.95. The van der Waals surface area contributed by atoms with E-state index in [0.29, 0.717) is 0 Å². The SMILES string of the molecule is C#C.C#C.C#C.C#C.C1CCCCC1.CCCc1[nH+]c(C)ccc1[C@H]1CC[NH2+]C1.COc1ccccc1.O=CN1CCCCC1. The van der Waals surface area contributed by atoms with Crippen molar-refractivity contribution >= 4 is 6.41 Å².